The van der Waals surface area contributed by atoms with Crippen molar-refractivity contribution in [1.82, 2.24) is 14.7 Å². The molecule has 3 rings (SSSR count). The normalized spacial score (nSPS) is 20.0. The highest BCUT2D eigenvalue weighted by molar-refractivity contribution is 5.83. The molecule has 2 amide bonds. The van der Waals surface area contributed by atoms with Gasteiger partial charge in [0.15, 0.2) is 0 Å². The zero-order valence-electron chi connectivity index (χ0n) is 17.5. The molecule has 0 aromatic heterocycles. The number of hydrogen-bond donors (Lipinski definition) is 0. The number of piperidine rings is 2. The lowest BCUT2D eigenvalue weighted by Crippen LogP contribution is -2.48. The van der Waals surface area contributed by atoms with E-state index in [1.807, 2.05) is 36.9 Å². The Bertz CT molecular complexity index is 631. The van der Waals surface area contributed by atoms with Crippen molar-refractivity contribution in [2.45, 2.75) is 52.0 Å². The smallest absolute Gasteiger partial charge is 0.244 e. The maximum atomic E-state index is 13.3. The molecule has 5 heteroatoms. The van der Waals surface area contributed by atoms with Crippen LogP contribution in [0, 0.1) is 5.92 Å². The lowest BCUT2D eigenvalue weighted by atomic mass is 9.92. The molecule has 0 radical (unpaired) electrons. The van der Waals surface area contributed by atoms with Crippen LogP contribution in [0.25, 0.3) is 0 Å². The van der Waals surface area contributed by atoms with Gasteiger partial charge in [0.2, 0.25) is 11.8 Å². The highest BCUT2D eigenvalue weighted by Crippen LogP contribution is 2.30. The Morgan fingerprint density at radius 2 is 1.57 bits per heavy atom. The van der Waals surface area contributed by atoms with Crippen molar-refractivity contribution in [3.8, 4) is 0 Å². The first kappa shape index (κ1) is 20.8. The van der Waals surface area contributed by atoms with Crippen molar-refractivity contribution in [3.05, 3.63) is 35.9 Å². The van der Waals surface area contributed by atoms with Crippen molar-refractivity contribution < 1.29 is 9.59 Å². The molecule has 0 spiro atoms. The van der Waals surface area contributed by atoms with Crippen LogP contribution in [0.1, 0.15) is 57.6 Å². The third kappa shape index (κ3) is 4.75. The number of carbonyl (C=O) groups is 2. The van der Waals surface area contributed by atoms with Gasteiger partial charge in [-0.1, -0.05) is 30.3 Å². The van der Waals surface area contributed by atoms with Gasteiger partial charge in [0.25, 0.3) is 0 Å². The number of likely N-dealkylation sites (N-methyl/N-ethyl adjacent to an activating group) is 1. The number of hydrogen-bond acceptors (Lipinski definition) is 3. The fourth-order valence-corrected chi connectivity index (χ4v) is 4.63. The van der Waals surface area contributed by atoms with Gasteiger partial charge in [-0.2, -0.15) is 0 Å². The molecular formula is C23H35N3O2. The lowest BCUT2D eigenvalue weighted by Gasteiger charge is -2.40. The van der Waals surface area contributed by atoms with E-state index in [0.717, 1.165) is 70.5 Å². The summed E-state index contributed by atoms with van der Waals surface area (Å²) in [6.45, 7) is 8.97. The second-order valence-electron chi connectivity index (χ2n) is 8.02. The molecule has 2 fully saturated rings. The average molecular weight is 386 g/mol. The minimum Gasteiger partial charge on any atom is -0.342 e. The van der Waals surface area contributed by atoms with Gasteiger partial charge in [0, 0.05) is 32.1 Å². The molecule has 1 unspecified atom stereocenters. The molecule has 2 heterocycles. The first-order valence-electron chi connectivity index (χ1n) is 11.0. The number of amides is 2. The number of likely N-dealkylation sites (tertiary alicyclic amines) is 2. The number of rotatable bonds is 6. The van der Waals surface area contributed by atoms with Crippen molar-refractivity contribution in [1.29, 1.82) is 0 Å². The maximum Gasteiger partial charge on any atom is 0.244 e. The van der Waals surface area contributed by atoms with Gasteiger partial charge in [0.1, 0.15) is 6.04 Å². The Kier molecular flexibility index (Phi) is 7.49. The third-order valence-electron chi connectivity index (χ3n) is 6.34. The summed E-state index contributed by atoms with van der Waals surface area (Å²) in [7, 11) is 0. The van der Waals surface area contributed by atoms with Gasteiger partial charge in [-0.15, -0.1) is 0 Å². The summed E-state index contributed by atoms with van der Waals surface area (Å²) in [5.74, 6) is 0.636. The summed E-state index contributed by atoms with van der Waals surface area (Å²) in [4.78, 5) is 32.4. The SMILES string of the molecule is CCN(CC)C(=O)C(c1ccccc1)N1CCC(C(=O)N2CCCCC2)CC1. The molecule has 2 saturated heterocycles. The van der Waals surface area contributed by atoms with E-state index in [-0.39, 0.29) is 17.9 Å². The minimum atomic E-state index is -0.243. The zero-order chi connectivity index (χ0) is 19.9. The average Bonchev–Trinajstić information content (AvgIpc) is 2.76. The van der Waals surface area contributed by atoms with E-state index in [9.17, 15) is 9.59 Å². The highest BCUT2D eigenvalue weighted by Gasteiger charge is 2.35. The number of benzene rings is 1. The first-order chi connectivity index (χ1) is 13.7. The van der Waals surface area contributed by atoms with Crippen molar-refractivity contribution in [2.24, 2.45) is 5.92 Å². The summed E-state index contributed by atoms with van der Waals surface area (Å²) in [5.41, 5.74) is 1.06. The molecule has 1 aromatic rings. The third-order valence-corrected chi connectivity index (χ3v) is 6.34. The van der Waals surface area contributed by atoms with Crippen LogP contribution in [-0.2, 0) is 9.59 Å². The van der Waals surface area contributed by atoms with E-state index in [0.29, 0.717) is 5.91 Å². The van der Waals surface area contributed by atoms with Gasteiger partial charge in [-0.3, -0.25) is 14.5 Å². The largest absolute Gasteiger partial charge is 0.342 e. The van der Waals surface area contributed by atoms with E-state index in [1.54, 1.807) is 0 Å². The molecule has 2 aliphatic heterocycles. The van der Waals surface area contributed by atoms with Crippen LogP contribution >= 0.6 is 0 Å². The second kappa shape index (κ2) is 10.1. The molecule has 154 valence electrons. The number of carbonyl (C=O) groups excluding carboxylic acids is 2. The Labute approximate surface area is 169 Å². The summed E-state index contributed by atoms with van der Waals surface area (Å²) in [6, 6.07) is 9.86. The quantitative estimate of drug-likeness (QED) is 0.754. The fourth-order valence-electron chi connectivity index (χ4n) is 4.63. The van der Waals surface area contributed by atoms with Crippen LogP contribution in [0.4, 0.5) is 0 Å². The molecule has 0 saturated carbocycles. The molecule has 0 aliphatic carbocycles. The van der Waals surface area contributed by atoms with Crippen molar-refractivity contribution >= 4 is 11.8 Å². The van der Waals surface area contributed by atoms with Crippen LogP contribution in [0.15, 0.2) is 30.3 Å². The molecule has 1 aromatic carbocycles. The molecule has 1 atom stereocenters. The van der Waals surface area contributed by atoms with Gasteiger partial charge >= 0.3 is 0 Å². The van der Waals surface area contributed by atoms with Crippen molar-refractivity contribution in [2.75, 3.05) is 39.3 Å². The van der Waals surface area contributed by atoms with Gasteiger partial charge in [-0.05, 0) is 64.6 Å². The van der Waals surface area contributed by atoms with Crippen LogP contribution in [-0.4, -0.2) is 65.8 Å². The monoisotopic (exact) mass is 385 g/mol. The lowest BCUT2D eigenvalue weighted by molar-refractivity contribution is -0.140. The predicted octanol–water partition coefficient (Wildman–Crippen LogP) is 3.32. The predicted molar refractivity (Wildman–Crippen MR) is 112 cm³/mol. The molecule has 28 heavy (non-hydrogen) atoms. The van der Waals surface area contributed by atoms with Gasteiger partial charge in [-0.25, -0.2) is 0 Å². The summed E-state index contributed by atoms with van der Waals surface area (Å²) in [6.07, 6.45) is 5.22. The summed E-state index contributed by atoms with van der Waals surface area (Å²) in [5, 5.41) is 0. The maximum absolute atomic E-state index is 13.3. The zero-order valence-corrected chi connectivity index (χ0v) is 17.5. The topological polar surface area (TPSA) is 43.9 Å². The van der Waals surface area contributed by atoms with E-state index in [1.165, 1.54) is 6.42 Å². The minimum absolute atomic E-state index is 0.120. The molecule has 0 N–H and O–H groups in total. The fraction of sp³-hybridized carbons (Fsp3) is 0.652. The molecule has 5 nitrogen and oxygen atoms in total. The Hall–Kier alpha value is -1.88. The Morgan fingerprint density at radius 1 is 0.964 bits per heavy atom. The highest BCUT2D eigenvalue weighted by atomic mass is 16.2. The van der Waals surface area contributed by atoms with Gasteiger partial charge < -0.3 is 9.80 Å². The first-order valence-corrected chi connectivity index (χ1v) is 11.0. The van der Waals surface area contributed by atoms with E-state index in [4.69, 9.17) is 0 Å². The van der Waals surface area contributed by atoms with E-state index >= 15 is 0 Å². The number of nitrogens with zero attached hydrogens (tertiary/aromatic N) is 3. The van der Waals surface area contributed by atoms with E-state index < -0.39 is 0 Å². The summed E-state index contributed by atoms with van der Waals surface area (Å²) < 4.78 is 0. The summed E-state index contributed by atoms with van der Waals surface area (Å²) >= 11 is 0. The molecule has 2 aliphatic rings. The molecular weight excluding hydrogens is 350 g/mol. The van der Waals surface area contributed by atoms with Crippen LogP contribution < -0.4 is 0 Å². The Balaban J connectivity index is 1.69. The molecule has 0 bridgehead atoms. The van der Waals surface area contributed by atoms with Crippen LogP contribution in [0.5, 0.6) is 0 Å². The standard InChI is InChI=1S/C23H35N3O2/c1-3-24(4-2)23(28)21(19-11-7-5-8-12-19)25-17-13-20(14-18-25)22(27)26-15-9-6-10-16-26/h5,7-8,11-12,20-21H,3-4,6,9-10,13-18H2,1-2H3. The van der Waals surface area contributed by atoms with Crippen LogP contribution in [0.2, 0.25) is 0 Å². The van der Waals surface area contributed by atoms with E-state index in [2.05, 4.69) is 21.9 Å². The Morgan fingerprint density at radius 3 is 2.14 bits per heavy atom. The van der Waals surface area contributed by atoms with Crippen LogP contribution in [0.3, 0.4) is 0 Å². The van der Waals surface area contributed by atoms with Crippen molar-refractivity contribution in [3.63, 3.8) is 0 Å². The van der Waals surface area contributed by atoms with Gasteiger partial charge in [0.05, 0.1) is 0 Å². The second-order valence-corrected chi connectivity index (χ2v) is 8.02.